The Morgan fingerprint density at radius 2 is 1.54 bits per heavy atom. The Labute approximate surface area is 334 Å². The molecule has 2 aromatic carbocycles. The Kier molecular flexibility index (Phi) is 13.1. The van der Waals surface area contributed by atoms with Gasteiger partial charge in [-0.3, -0.25) is 4.98 Å². The van der Waals surface area contributed by atoms with E-state index in [0.717, 1.165) is 31.9 Å². The summed E-state index contributed by atoms with van der Waals surface area (Å²) in [4.78, 5) is 44.7. The molecule has 3 aromatic rings. The number of nitrogen functional groups attached to an aromatic ring is 1. The molecule has 14 nitrogen and oxygen atoms in total. The lowest BCUT2D eigenvalue weighted by molar-refractivity contribution is -0.168. The number of pyridine rings is 1. The predicted molar refractivity (Wildman–Crippen MR) is 205 cm³/mol. The molecule has 0 aliphatic heterocycles. The van der Waals surface area contributed by atoms with Crippen molar-refractivity contribution in [2.45, 2.75) is 90.6 Å². The molecule has 0 saturated heterocycles. The number of nitrogens with two attached hydrogens (primary N) is 1. The summed E-state index contributed by atoms with van der Waals surface area (Å²) in [5.41, 5.74) is 3.75. The first-order valence-electron chi connectivity index (χ1n) is 18.1. The molecule has 1 atom stereocenters. The maximum Gasteiger partial charge on any atom is 0.429 e. The second kappa shape index (κ2) is 17.3. The number of anilines is 2. The minimum absolute atomic E-state index is 0.00416. The van der Waals surface area contributed by atoms with Gasteiger partial charge < -0.3 is 34.2 Å². The van der Waals surface area contributed by atoms with Gasteiger partial charge in [-0.25, -0.2) is 22.8 Å². The van der Waals surface area contributed by atoms with Gasteiger partial charge in [0.1, 0.15) is 23.1 Å². The van der Waals surface area contributed by atoms with Gasteiger partial charge in [0, 0.05) is 18.2 Å². The van der Waals surface area contributed by atoms with E-state index < -0.39 is 52.0 Å². The second-order valence-electron chi connectivity index (χ2n) is 15.5. The van der Waals surface area contributed by atoms with Crippen LogP contribution in [0.15, 0.2) is 48.8 Å². The largest absolute Gasteiger partial charge is 0.491 e. The zero-order chi connectivity index (χ0) is 41.9. The summed E-state index contributed by atoms with van der Waals surface area (Å²) in [5.74, 6) is -1.86. The van der Waals surface area contributed by atoms with E-state index in [1.807, 2.05) is 0 Å². The van der Waals surface area contributed by atoms with Crippen LogP contribution < -0.4 is 24.2 Å². The molecule has 0 unspecified atom stereocenters. The van der Waals surface area contributed by atoms with Crippen molar-refractivity contribution < 1.29 is 60.0 Å². The number of amides is 1. The number of carbonyl (C=O) groups is 3. The van der Waals surface area contributed by atoms with E-state index in [-0.39, 0.29) is 70.7 Å². The second-order valence-corrected chi connectivity index (χ2v) is 17.7. The minimum Gasteiger partial charge on any atom is -0.491 e. The number of hydrogen-bond acceptors (Lipinski definition) is 13. The monoisotopic (exact) mass is 837 g/mol. The van der Waals surface area contributed by atoms with Crippen molar-refractivity contribution >= 4 is 51.0 Å². The quantitative estimate of drug-likeness (QED) is 0.103. The van der Waals surface area contributed by atoms with Crippen molar-refractivity contribution in [3.8, 4) is 17.2 Å². The van der Waals surface area contributed by atoms with Gasteiger partial charge in [-0.15, -0.1) is 0 Å². The van der Waals surface area contributed by atoms with Crippen LogP contribution in [0.25, 0.3) is 0 Å². The van der Waals surface area contributed by atoms with Crippen molar-refractivity contribution in [3.63, 3.8) is 0 Å². The number of alkyl halides is 2. The lowest BCUT2D eigenvalue weighted by atomic mass is 9.99. The maximum atomic E-state index is 13.9. The number of aromatic nitrogens is 1. The van der Waals surface area contributed by atoms with Crippen LogP contribution in [0.5, 0.6) is 17.2 Å². The fraction of sp³-hybridized carbons (Fsp3) is 0.487. The molecule has 18 heteroatoms. The van der Waals surface area contributed by atoms with Crippen LogP contribution in [0.3, 0.4) is 0 Å². The third-order valence-corrected chi connectivity index (χ3v) is 10.1. The number of esters is 2. The number of rotatable bonds is 17. The SMILES string of the molecule is CC(C)(C)OC(=O)N(c1ccc(C(=O)OC(C)(C)C(=O)O[C@@H](Cc2c(N)cncc2Cl)c2ccc(OC(F)F)c(OCC3CC3)c2)cc1OCC1CC1)S(C)(=O)=O. The highest BCUT2D eigenvalue weighted by atomic mass is 35.5. The number of benzene rings is 2. The highest BCUT2D eigenvalue weighted by molar-refractivity contribution is 7.92. The van der Waals surface area contributed by atoms with Crippen molar-refractivity contribution in [2.75, 3.05) is 29.5 Å². The molecule has 310 valence electrons. The third-order valence-electron chi connectivity index (χ3n) is 8.72. The third kappa shape index (κ3) is 12.1. The smallest absolute Gasteiger partial charge is 0.429 e. The zero-order valence-electron chi connectivity index (χ0n) is 32.4. The Hall–Kier alpha value is -4.90. The van der Waals surface area contributed by atoms with Crippen LogP contribution in [0.2, 0.25) is 5.02 Å². The van der Waals surface area contributed by atoms with Crippen LogP contribution in [0.1, 0.15) is 87.9 Å². The maximum absolute atomic E-state index is 13.9. The molecule has 57 heavy (non-hydrogen) atoms. The standard InChI is InChI=1S/C39H46ClF2N3O11S/c1-38(2,3)56-37(48)45(57(6,49)50)29-13-11-25(16-32(29)51-20-22-7-8-22)34(46)55-39(4,5)35(47)53-31(17-26-27(40)18-44-19-28(26)43)24-12-14-30(54-36(41)42)33(15-24)52-21-23-9-10-23/h11-16,18-19,22-23,31,36H,7-10,17,20-21,43H2,1-6H3/t31-/m0/s1. The molecule has 2 aliphatic carbocycles. The molecule has 2 fully saturated rings. The lowest BCUT2D eigenvalue weighted by Crippen LogP contribution is -2.41. The van der Waals surface area contributed by atoms with Gasteiger partial charge in [0.25, 0.3) is 0 Å². The zero-order valence-corrected chi connectivity index (χ0v) is 34.0. The molecule has 2 saturated carbocycles. The molecule has 2 N–H and O–H groups in total. The highest BCUT2D eigenvalue weighted by Crippen LogP contribution is 2.39. The number of hydrogen-bond donors (Lipinski definition) is 1. The van der Waals surface area contributed by atoms with E-state index >= 15 is 0 Å². The normalized spacial score (nSPS) is 15.1. The van der Waals surface area contributed by atoms with Gasteiger partial charge >= 0.3 is 24.6 Å². The van der Waals surface area contributed by atoms with E-state index in [4.69, 9.17) is 41.0 Å². The van der Waals surface area contributed by atoms with E-state index in [2.05, 4.69) is 9.72 Å². The van der Waals surface area contributed by atoms with Crippen LogP contribution in [0.4, 0.5) is 25.0 Å². The van der Waals surface area contributed by atoms with Crippen LogP contribution in [-0.4, -0.2) is 68.7 Å². The average molecular weight is 838 g/mol. The number of halogens is 3. The average Bonchev–Trinajstić information content (AvgIpc) is 4.03. The first kappa shape index (κ1) is 43.2. The van der Waals surface area contributed by atoms with Gasteiger partial charge in [-0.05, 0) is 108 Å². The fourth-order valence-corrected chi connectivity index (χ4v) is 6.42. The van der Waals surface area contributed by atoms with Crippen molar-refractivity contribution in [1.29, 1.82) is 0 Å². The van der Waals surface area contributed by atoms with E-state index in [1.54, 1.807) is 20.8 Å². The van der Waals surface area contributed by atoms with E-state index in [1.165, 1.54) is 62.6 Å². The van der Waals surface area contributed by atoms with Gasteiger partial charge in [-0.2, -0.15) is 13.1 Å². The summed E-state index contributed by atoms with van der Waals surface area (Å²) in [6.07, 6.45) is 4.75. The molecule has 1 aromatic heterocycles. The minimum atomic E-state index is -4.25. The Morgan fingerprint density at radius 3 is 2.11 bits per heavy atom. The summed E-state index contributed by atoms with van der Waals surface area (Å²) >= 11 is 6.43. The predicted octanol–water partition coefficient (Wildman–Crippen LogP) is 7.66. The molecule has 0 radical (unpaired) electrons. The van der Waals surface area contributed by atoms with Gasteiger partial charge in [0.15, 0.2) is 11.5 Å². The topological polar surface area (TPSA) is 183 Å². The molecular weight excluding hydrogens is 792 g/mol. The number of sulfonamides is 1. The van der Waals surface area contributed by atoms with Crippen LogP contribution >= 0.6 is 11.6 Å². The van der Waals surface area contributed by atoms with Gasteiger partial charge in [0.2, 0.25) is 15.6 Å². The van der Waals surface area contributed by atoms with E-state index in [9.17, 15) is 31.6 Å². The number of ether oxygens (including phenoxy) is 6. The molecule has 1 heterocycles. The fourth-order valence-electron chi connectivity index (χ4n) is 5.36. The van der Waals surface area contributed by atoms with E-state index in [0.29, 0.717) is 15.4 Å². The lowest BCUT2D eigenvalue weighted by Gasteiger charge is -2.28. The summed E-state index contributed by atoms with van der Waals surface area (Å²) in [5, 5.41) is 0.175. The Balaban J connectivity index is 1.43. The first-order chi connectivity index (χ1) is 26.6. The number of carbonyl (C=O) groups excluding carboxylic acids is 3. The van der Waals surface area contributed by atoms with Crippen molar-refractivity contribution in [1.82, 2.24) is 4.98 Å². The Morgan fingerprint density at radius 1 is 0.912 bits per heavy atom. The molecular formula is C39H46ClF2N3O11S. The molecule has 5 rings (SSSR count). The molecule has 2 aliphatic rings. The van der Waals surface area contributed by atoms with Crippen molar-refractivity contribution in [2.24, 2.45) is 11.8 Å². The molecule has 0 spiro atoms. The number of nitrogens with zero attached hydrogens (tertiary/aromatic N) is 2. The summed E-state index contributed by atoms with van der Waals surface area (Å²) < 4.78 is 86.3. The first-order valence-corrected chi connectivity index (χ1v) is 20.4. The van der Waals surface area contributed by atoms with Gasteiger partial charge in [0.05, 0.1) is 41.9 Å². The summed E-state index contributed by atoms with van der Waals surface area (Å²) in [7, 11) is -4.25. The van der Waals surface area contributed by atoms with Gasteiger partial charge in [-0.1, -0.05) is 17.7 Å². The highest BCUT2D eigenvalue weighted by Gasteiger charge is 2.38. The summed E-state index contributed by atoms with van der Waals surface area (Å²) in [6, 6.07) is 7.75. The van der Waals surface area contributed by atoms with Crippen LogP contribution in [-0.2, 0) is 35.4 Å². The molecule has 0 bridgehead atoms. The van der Waals surface area contributed by atoms with Crippen LogP contribution in [0, 0.1) is 11.8 Å². The summed E-state index contributed by atoms with van der Waals surface area (Å²) in [6.45, 7) is 4.67. The van der Waals surface area contributed by atoms with Crippen molar-refractivity contribution in [3.05, 3.63) is 70.5 Å². The molecule has 1 amide bonds. The Bertz CT molecular complexity index is 2070.